The largest absolute Gasteiger partial charge is 0.292 e. The molecule has 0 radical (unpaired) electrons. The van der Waals surface area contributed by atoms with E-state index in [9.17, 15) is 0 Å². The van der Waals surface area contributed by atoms with E-state index in [0.29, 0.717) is 5.92 Å². The minimum atomic E-state index is 0.410. The van der Waals surface area contributed by atoms with E-state index in [1.165, 1.54) is 77.2 Å². The van der Waals surface area contributed by atoms with E-state index < -0.39 is 0 Å². The number of aromatic nitrogens is 2. The highest BCUT2D eigenvalue weighted by molar-refractivity contribution is 6.21. The highest BCUT2D eigenvalue weighted by Crippen LogP contribution is 2.48. The Labute approximate surface area is 404 Å². The van der Waals surface area contributed by atoms with Gasteiger partial charge in [0.15, 0.2) is 0 Å². The molecule has 10 aromatic rings. The van der Waals surface area contributed by atoms with Gasteiger partial charge in [-0.2, -0.15) is 0 Å². The summed E-state index contributed by atoms with van der Waals surface area (Å²) in [4.78, 5) is 5.64. The molecule has 0 amide bonds. The lowest BCUT2D eigenvalue weighted by Gasteiger charge is -2.31. The van der Waals surface area contributed by atoms with Crippen LogP contribution in [0.4, 0.5) is 0 Å². The Morgan fingerprint density at radius 2 is 0.899 bits per heavy atom. The molecule has 0 N–H and O–H groups in total. The molecule has 1 unspecified atom stereocenters. The molecule has 3 aliphatic rings. The van der Waals surface area contributed by atoms with Gasteiger partial charge in [-0.1, -0.05) is 225 Å². The van der Waals surface area contributed by atoms with Crippen molar-refractivity contribution in [1.82, 2.24) is 9.55 Å². The van der Waals surface area contributed by atoms with Crippen LogP contribution in [-0.4, -0.2) is 9.55 Å². The average molecular weight is 883 g/mol. The van der Waals surface area contributed by atoms with Crippen molar-refractivity contribution in [3.05, 3.63) is 252 Å². The van der Waals surface area contributed by atoms with Crippen LogP contribution in [0.25, 0.3) is 107 Å². The third-order valence-electron chi connectivity index (χ3n) is 14.7. The summed E-state index contributed by atoms with van der Waals surface area (Å²) >= 11 is 0. The summed E-state index contributed by atoms with van der Waals surface area (Å²) in [6, 6.07) is 68.6. The molecule has 2 heteroatoms. The second-order valence-electron chi connectivity index (χ2n) is 18.6. The van der Waals surface area contributed by atoms with Crippen LogP contribution in [0.5, 0.6) is 0 Å². The first kappa shape index (κ1) is 40.9. The Kier molecular flexibility index (Phi) is 10.3. The van der Waals surface area contributed by atoms with Gasteiger partial charge in [-0.25, -0.2) is 4.98 Å². The van der Waals surface area contributed by atoms with Crippen molar-refractivity contribution in [3.8, 4) is 73.0 Å². The minimum absolute atomic E-state index is 0.410. The Bertz CT molecular complexity index is 3640. The monoisotopic (exact) mass is 882 g/mol. The second kappa shape index (κ2) is 17.4. The molecule has 1 atom stereocenters. The van der Waals surface area contributed by atoms with Gasteiger partial charge in [-0.05, 0) is 127 Å². The molecule has 0 aliphatic heterocycles. The lowest BCUT2D eigenvalue weighted by molar-refractivity contribution is 0.812. The van der Waals surface area contributed by atoms with E-state index in [-0.39, 0.29) is 0 Å². The van der Waals surface area contributed by atoms with Crippen LogP contribution in [0, 0.1) is 0 Å². The van der Waals surface area contributed by atoms with E-state index in [4.69, 9.17) is 4.98 Å². The van der Waals surface area contributed by atoms with Crippen LogP contribution in [-0.2, 0) is 12.8 Å². The maximum atomic E-state index is 5.64. The normalized spacial score (nSPS) is 14.9. The van der Waals surface area contributed by atoms with Gasteiger partial charge in [-0.3, -0.25) is 4.57 Å². The highest BCUT2D eigenvalue weighted by Gasteiger charge is 2.29. The molecule has 0 saturated heterocycles. The number of benzene rings is 9. The highest BCUT2D eigenvalue weighted by atomic mass is 15.1. The molecular weight excluding hydrogens is 833 g/mol. The fraction of sp³-hybridized carbons (Fsp3) is 0.0896. The Morgan fingerprint density at radius 1 is 0.406 bits per heavy atom. The summed E-state index contributed by atoms with van der Waals surface area (Å²) in [5.74, 6) is 1.32. The fourth-order valence-electron chi connectivity index (χ4n) is 11.7. The zero-order valence-corrected chi connectivity index (χ0v) is 38.5. The quantitative estimate of drug-likeness (QED) is 0.139. The van der Waals surface area contributed by atoms with Crippen LogP contribution < -0.4 is 0 Å². The van der Waals surface area contributed by atoms with Crippen LogP contribution >= 0.6 is 0 Å². The van der Waals surface area contributed by atoms with Crippen molar-refractivity contribution < 1.29 is 0 Å². The molecule has 1 heterocycles. The fourth-order valence-corrected chi connectivity index (χ4v) is 11.7. The zero-order valence-electron chi connectivity index (χ0n) is 38.5. The number of allylic oxidation sites excluding steroid dienone is 6. The number of hydrogen-bond acceptors (Lipinski definition) is 1. The topological polar surface area (TPSA) is 17.8 Å². The number of para-hydroxylation sites is 1. The van der Waals surface area contributed by atoms with Crippen LogP contribution in [0.15, 0.2) is 225 Å². The van der Waals surface area contributed by atoms with Gasteiger partial charge in [0.05, 0.1) is 11.4 Å². The smallest absolute Gasteiger partial charge is 0.145 e. The molecule has 0 fully saturated rings. The first-order valence-electron chi connectivity index (χ1n) is 24.6. The first-order chi connectivity index (χ1) is 34.3. The number of imidazole rings is 1. The summed E-state index contributed by atoms with van der Waals surface area (Å²) in [5, 5.41) is 5.00. The number of nitrogens with zero attached hydrogens (tertiary/aromatic N) is 2. The van der Waals surface area contributed by atoms with Gasteiger partial charge in [0.2, 0.25) is 0 Å². The van der Waals surface area contributed by atoms with Crippen LogP contribution in [0.2, 0.25) is 0 Å². The van der Waals surface area contributed by atoms with Gasteiger partial charge < -0.3 is 0 Å². The molecule has 1 aromatic heterocycles. The van der Waals surface area contributed by atoms with Crippen molar-refractivity contribution >= 4 is 33.7 Å². The molecule has 0 bridgehead atoms. The van der Waals surface area contributed by atoms with Gasteiger partial charge >= 0.3 is 0 Å². The lowest BCUT2D eigenvalue weighted by atomic mass is 9.73. The first-order valence-corrected chi connectivity index (χ1v) is 24.6. The van der Waals surface area contributed by atoms with Gasteiger partial charge in [0, 0.05) is 28.3 Å². The molecule has 2 nitrogen and oxygen atoms in total. The van der Waals surface area contributed by atoms with Crippen molar-refractivity contribution in [1.29, 1.82) is 0 Å². The van der Waals surface area contributed by atoms with Gasteiger partial charge in [0.1, 0.15) is 5.82 Å². The van der Waals surface area contributed by atoms with Crippen molar-refractivity contribution in [3.63, 3.8) is 0 Å². The minimum Gasteiger partial charge on any atom is -0.292 e. The molecule has 0 spiro atoms. The summed E-state index contributed by atoms with van der Waals surface area (Å²) in [6.07, 6.45) is 24.1. The predicted octanol–water partition coefficient (Wildman–Crippen LogP) is 17.7. The Balaban J connectivity index is 0.988. The average Bonchev–Trinajstić information content (AvgIpc) is 3.83. The summed E-state index contributed by atoms with van der Waals surface area (Å²) < 4.78 is 2.37. The third-order valence-corrected chi connectivity index (χ3v) is 14.7. The van der Waals surface area contributed by atoms with E-state index in [2.05, 4.69) is 241 Å². The van der Waals surface area contributed by atoms with E-state index >= 15 is 0 Å². The Morgan fingerprint density at radius 3 is 1.49 bits per heavy atom. The molecule has 13 rings (SSSR count). The van der Waals surface area contributed by atoms with E-state index in [1.807, 2.05) is 0 Å². The van der Waals surface area contributed by atoms with E-state index in [1.54, 1.807) is 5.56 Å². The summed E-state index contributed by atoms with van der Waals surface area (Å²) in [5.41, 5.74) is 21.4. The van der Waals surface area contributed by atoms with Crippen molar-refractivity contribution in [2.45, 2.75) is 38.0 Å². The molecule has 328 valence electrons. The van der Waals surface area contributed by atoms with E-state index in [0.717, 1.165) is 71.7 Å². The third kappa shape index (κ3) is 7.06. The number of fused-ring (bicyclic) bond motifs is 4. The SMILES string of the molecule is C1=CCC(c2c3c(c(-c4ccc(-c5nc(-c6ccccc6)n(-c6ccccc6)c5-c5ccc(-c6c7ccccc7c(-c7ccccc7)c7ccccc67)cc5)cc4)c4c2CCC=C4)CCC=C3)C=C1. The van der Waals surface area contributed by atoms with Crippen LogP contribution in [0.1, 0.15) is 53.0 Å². The lowest BCUT2D eigenvalue weighted by Crippen LogP contribution is -2.14. The maximum Gasteiger partial charge on any atom is 0.145 e. The summed E-state index contributed by atoms with van der Waals surface area (Å²) in [6.45, 7) is 0. The molecule has 0 saturated carbocycles. The van der Waals surface area contributed by atoms with Crippen molar-refractivity contribution in [2.75, 3.05) is 0 Å². The molecule has 3 aliphatic carbocycles. The maximum absolute atomic E-state index is 5.64. The van der Waals surface area contributed by atoms with Gasteiger partial charge in [0.25, 0.3) is 0 Å². The Hall–Kier alpha value is -8.33. The molecule has 69 heavy (non-hydrogen) atoms. The summed E-state index contributed by atoms with van der Waals surface area (Å²) in [7, 11) is 0. The van der Waals surface area contributed by atoms with Crippen molar-refractivity contribution in [2.24, 2.45) is 0 Å². The second-order valence-corrected chi connectivity index (χ2v) is 18.6. The number of rotatable bonds is 8. The van der Waals surface area contributed by atoms with Gasteiger partial charge in [-0.15, -0.1) is 0 Å². The molecular formula is C67H50N2. The number of hydrogen-bond donors (Lipinski definition) is 0. The molecule has 9 aromatic carbocycles. The predicted molar refractivity (Wildman–Crippen MR) is 292 cm³/mol. The zero-order chi connectivity index (χ0) is 45.7. The van der Waals surface area contributed by atoms with Crippen LogP contribution in [0.3, 0.4) is 0 Å². The standard InChI is InChI=1S/C67H50N2/c1-5-21-45(22-6-1)61-53-29-13-17-33-57(53)63(58-34-18-14-30-54(58)61)47-37-41-49(42-38-47)65-66(69(52-27-11-4-12-28-52)67(68-65)51-25-9-3-10-26-51)50-43-39-48(40-44-50)64-59-35-19-15-31-55(59)62(46-23-7-2-8-24-46)56-32-16-20-36-60(56)64/h1-13,15-16,18-21,23-29,31-32,34-45H,14,17,22,30,33H2.